The average molecular weight is 239 g/mol. The maximum Gasteiger partial charge on any atom is 0.310 e. The quantitative estimate of drug-likeness (QED) is 0.818. The van der Waals surface area contributed by atoms with Crippen LogP contribution in [0, 0.1) is 5.92 Å². The number of ether oxygens (including phenoxy) is 1. The molecule has 1 aliphatic carbocycles. The van der Waals surface area contributed by atoms with E-state index in [1.54, 1.807) is 11.3 Å². The molecule has 1 heterocycles. The van der Waals surface area contributed by atoms with Crippen molar-refractivity contribution in [2.24, 2.45) is 5.92 Å². The van der Waals surface area contributed by atoms with Crippen molar-refractivity contribution in [3.63, 3.8) is 0 Å². The Bertz CT molecular complexity index is 337. The number of hydrogen-bond donors (Lipinski definition) is 1. The fraction of sp³-hybridized carbons (Fsp3) is 0.583. The molecular formula is C12H17NO2S. The maximum atomic E-state index is 11.5. The maximum absolute atomic E-state index is 11.5. The van der Waals surface area contributed by atoms with Crippen LogP contribution < -0.4 is 5.32 Å². The summed E-state index contributed by atoms with van der Waals surface area (Å²) in [6.45, 7) is 0.849. The molecule has 16 heavy (non-hydrogen) atoms. The van der Waals surface area contributed by atoms with Gasteiger partial charge in [0, 0.05) is 12.6 Å². The average Bonchev–Trinajstić information content (AvgIpc) is 2.96. The molecule has 1 aliphatic rings. The molecule has 2 rings (SSSR count). The van der Waals surface area contributed by atoms with E-state index in [0.717, 1.165) is 25.8 Å². The Balaban J connectivity index is 1.86. The van der Waals surface area contributed by atoms with Gasteiger partial charge in [-0.15, -0.1) is 0 Å². The lowest BCUT2D eigenvalue weighted by Crippen LogP contribution is -2.36. The summed E-state index contributed by atoms with van der Waals surface area (Å²) in [5, 5.41) is 7.66. The molecule has 0 saturated heterocycles. The van der Waals surface area contributed by atoms with Crippen LogP contribution in [0.3, 0.4) is 0 Å². The Morgan fingerprint density at radius 2 is 2.50 bits per heavy atom. The summed E-state index contributed by atoms with van der Waals surface area (Å²) in [6, 6.07) is 2.40. The van der Waals surface area contributed by atoms with Gasteiger partial charge in [-0.25, -0.2) is 0 Å². The van der Waals surface area contributed by atoms with Crippen LogP contribution in [-0.4, -0.2) is 19.1 Å². The molecule has 1 saturated carbocycles. The van der Waals surface area contributed by atoms with Crippen molar-refractivity contribution < 1.29 is 9.53 Å². The Morgan fingerprint density at radius 1 is 1.62 bits per heavy atom. The number of esters is 1. The predicted molar refractivity (Wildman–Crippen MR) is 64.3 cm³/mol. The van der Waals surface area contributed by atoms with E-state index in [9.17, 15) is 4.79 Å². The van der Waals surface area contributed by atoms with Gasteiger partial charge < -0.3 is 10.1 Å². The number of methoxy groups -OCH3 is 1. The molecule has 3 nitrogen and oxygen atoms in total. The number of thiophene rings is 1. The summed E-state index contributed by atoms with van der Waals surface area (Å²) < 4.78 is 4.82. The summed E-state index contributed by atoms with van der Waals surface area (Å²) in [5.41, 5.74) is 1.29. The highest BCUT2D eigenvalue weighted by Crippen LogP contribution is 2.27. The minimum Gasteiger partial charge on any atom is -0.469 e. The van der Waals surface area contributed by atoms with Gasteiger partial charge in [0.05, 0.1) is 13.0 Å². The predicted octanol–water partition coefficient (Wildman–Crippen LogP) is 2.18. The van der Waals surface area contributed by atoms with Crippen molar-refractivity contribution in [2.75, 3.05) is 7.11 Å². The lowest BCUT2D eigenvalue weighted by atomic mass is 10.0. The van der Waals surface area contributed by atoms with E-state index in [0.29, 0.717) is 0 Å². The van der Waals surface area contributed by atoms with Crippen molar-refractivity contribution in [1.82, 2.24) is 5.32 Å². The van der Waals surface area contributed by atoms with E-state index in [2.05, 4.69) is 22.1 Å². The largest absolute Gasteiger partial charge is 0.469 e. The van der Waals surface area contributed by atoms with Gasteiger partial charge >= 0.3 is 5.97 Å². The summed E-state index contributed by atoms with van der Waals surface area (Å²) in [7, 11) is 1.47. The van der Waals surface area contributed by atoms with Gasteiger partial charge in [-0.1, -0.05) is 6.42 Å². The van der Waals surface area contributed by atoms with Gasteiger partial charge in [-0.3, -0.25) is 4.79 Å². The zero-order valence-electron chi connectivity index (χ0n) is 9.44. The van der Waals surface area contributed by atoms with Crippen molar-refractivity contribution in [2.45, 2.75) is 31.8 Å². The fourth-order valence-electron chi connectivity index (χ4n) is 2.28. The van der Waals surface area contributed by atoms with Crippen molar-refractivity contribution in [3.05, 3.63) is 22.4 Å². The van der Waals surface area contributed by atoms with Gasteiger partial charge in [0.2, 0.25) is 0 Å². The summed E-state index contributed by atoms with van der Waals surface area (Å²) in [6.07, 6.45) is 3.14. The Kier molecular flexibility index (Phi) is 3.96. The third-order valence-corrected chi connectivity index (χ3v) is 3.90. The first-order valence-electron chi connectivity index (χ1n) is 5.63. The molecule has 1 aromatic heterocycles. The zero-order valence-corrected chi connectivity index (χ0v) is 10.3. The summed E-state index contributed by atoms with van der Waals surface area (Å²) in [5.74, 6) is -0.0241. The van der Waals surface area contributed by atoms with E-state index >= 15 is 0 Å². The first kappa shape index (κ1) is 11.6. The van der Waals surface area contributed by atoms with Gasteiger partial charge in [-0.2, -0.15) is 11.3 Å². The number of hydrogen-bond acceptors (Lipinski definition) is 4. The highest BCUT2D eigenvalue weighted by molar-refractivity contribution is 7.07. The van der Waals surface area contributed by atoms with E-state index in [4.69, 9.17) is 4.74 Å². The van der Waals surface area contributed by atoms with Crippen LogP contribution in [0.4, 0.5) is 0 Å². The van der Waals surface area contributed by atoms with E-state index in [-0.39, 0.29) is 17.9 Å². The first-order valence-corrected chi connectivity index (χ1v) is 6.58. The molecule has 2 atom stereocenters. The van der Waals surface area contributed by atoms with Crippen LogP contribution in [0.5, 0.6) is 0 Å². The summed E-state index contributed by atoms with van der Waals surface area (Å²) in [4.78, 5) is 11.5. The van der Waals surface area contributed by atoms with Crippen molar-refractivity contribution >= 4 is 17.3 Å². The molecule has 0 aliphatic heterocycles. The minimum atomic E-state index is -0.0691. The molecule has 0 radical (unpaired) electrons. The first-order chi connectivity index (χ1) is 7.81. The lowest BCUT2D eigenvalue weighted by Gasteiger charge is -2.18. The second kappa shape index (κ2) is 5.46. The number of carbonyl (C=O) groups is 1. The molecule has 0 amide bonds. The Labute approximate surface area is 99.8 Å². The standard InChI is InChI=1S/C12H17NO2S/c1-15-12(14)10-3-2-4-11(10)13-7-9-5-6-16-8-9/h5-6,8,10-11,13H,2-4,7H2,1H3/t10-,11+/m0/s1. The Hall–Kier alpha value is -0.870. The second-order valence-corrected chi connectivity index (χ2v) is 4.96. The van der Waals surface area contributed by atoms with Gasteiger partial charge in [-0.05, 0) is 35.2 Å². The van der Waals surface area contributed by atoms with Crippen LogP contribution in [0.15, 0.2) is 16.8 Å². The third kappa shape index (κ3) is 2.62. The Morgan fingerprint density at radius 3 is 3.19 bits per heavy atom. The van der Waals surface area contributed by atoms with Crippen LogP contribution in [0.2, 0.25) is 0 Å². The SMILES string of the molecule is COC(=O)[C@H]1CCC[C@H]1NCc1ccsc1. The molecule has 1 N–H and O–H groups in total. The molecular weight excluding hydrogens is 222 g/mol. The summed E-state index contributed by atoms with van der Waals surface area (Å²) >= 11 is 1.70. The van der Waals surface area contributed by atoms with Gasteiger partial charge in [0.25, 0.3) is 0 Å². The highest BCUT2D eigenvalue weighted by atomic mass is 32.1. The van der Waals surface area contributed by atoms with Crippen LogP contribution in [0.1, 0.15) is 24.8 Å². The molecule has 88 valence electrons. The minimum absolute atomic E-state index is 0.0450. The van der Waals surface area contributed by atoms with Crippen LogP contribution >= 0.6 is 11.3 Å². The van der Waals surface area contributed by atoms with E-state index < -0.39 is 0 Å². The number of carbonyl (C=O) groups excluding carboxylic acids is 1. The fourth-order valence-corrected chi connectivity index (χ4v) is 2.95. The molecule has 0 aromatic carbocycles. The molecule has 0 spiro atoms. The molecule has 0 unspecified atom stereocenters. The van der Waals surface area contributed by atoms with Gasteiger partial charge in [0.15, 0.2) is 0 Å². The van der Waals surface area contributed by atoms with Crippen LogP contribution in [-0.2, 0) is 16.1 Å². The molecule has 4 heteroatoms. The lowest BCUT2D eigenvalue weighted by molar-refractivity contribution is -0.145. The number of rotatable bonds is 4. The molecule has 0 bridgehead atoms. The zero-order chi connectivity index (χ0) is 11.4. The third-order valence-electron chi connectivity index (χ3n) is 3.17. The molecule has 1 fully saturated rings. The second-order valence-electron chi connectivity index (χ2n) is 4.18. The normalized spacial score (nSPS) is 24.6. The topological polar surface area (TPSA) is 38.3 Å². The van der Waals surface area contributed by atoms with E-state index in [1.165, 1.54) is 12.7 Å². The smallest absolute Gasteiger partial charge is 0.310 e. The number of nitrogens with one attached hydrogen (secondary N) is 1. The van der Waals surface area contributed by atoms with Gasteiger partial charge in [0.1, 0.15) is 0 Å². The molecule has 1 aromatic rings. The van der Waals surface area contributed by atoms with Crippen molar-refractivity contribution in [1.29, 1.82) is 0 Å². The van der Waals surface area contributed by atoms with Crippen LogP contribution in [0.25, 0.3) is 0 Å². The van der Waals surface area contributed by atoms with E-state index in [1.807, 2.05) is 0 Å². The van der Waals surface area contributed by atoms with Crippen molar-refractivity contribution in [3.8, 4) is 0 Å². The highest BCUT2D eigenvalue weighted by Gasteiger charge is 2.33. The monoisotopic (exact) mass is 239 g/mol.